The van der Waals surface area contributed by atoms with Gasteiger partial charge in [-0.2, -0.15) is 0 Å². The molecule has 0 aromatic carbocycles. The number of nitrogens with zero attached hydrogens (tertiary/aromatic N) is 2. The molecule has 1 aromatic rings. The third-order valence-corrected chi connectivity index (χ3v) is 7.42. The van der Waals surface area contributed by atoms with Crippen molar-refractivity contribution in [3.8, 4) is 0 Å². The van der Waals surface area contributed by atoms with Crippen molar-refractivity contribution in [3.63, 3.8) is 0 Å². The Hall–Kier alpha value is -0.600. The molecule has 1 saturated heterocycles. The first-order valence-electron chi connectivity index (χ1n) is 6.92. The minimum atomic E-state index is -2.98. The van der Waals surface area contributed by atoms with Crippen LogP contribution in [-0.2, 0) is 14.6 Å². The Morgan fingerprint density at radius 3 is 2.81 bits per heavy atom. The zero-order valence-electron chi connectivity index (χ0n) is 12.4. The van der Waals surface area contributed by atoms with Crippen LogP contribution in [0.4, 0.5) is 0 Å². The Morgan fingerprint density at radius 2 is 2.33 bits per heavy atom. The number of rotatable bonds is 5. The van der Waals surface area contributed by atoms with E-state index in [0.717, 1.165) is 10.0 Å². The van der Waals surface area contributed by atoms with Gasteiger partial charge < -0.3 is 4.90 Å². The summed E-state index contributed by atoms with van der Waals surface area (Å²) >= 11 is 2.97. The molecule has 2 unspecified atom stereocenters. The summed E-state index contributed by atoms with van der Waals surface area (Å²) in [4.78, 5) is 18.6. The number of hydrogen-bond acceptors (Lipinski definition) is 6. The highest BCUT2D eigenvalue weighted by Crippen LogP contribution is 2.29. The molecule has 1 amide bonds. The summed E-state index contributed by atoms with van der Waals surface area (Å²) in [7, 11) is -2.98. The van der Waals surface area contributed by atoms with Crippen LogP contribution in [0.1, 0.15) is 26.0 Å². The standard InChI is InChI=1S/C13H20N2O3S3/c1-4-15(11-5-6-21(17,18)8-11)12(16)10(3)20-13-14-9(2)7-19-13/h7,10-11H,4-6,8H2,1-3H3. The molecule has 2 heterocycles. The number of thioether (sulfide) groups is 1. The SMILES string of the molecule is CCN(C(=O)C(C)Sc1nc(C)cs1)C1CCS(=O)(=O)C1. The Morgan fingerprint density at radius 1 is 1.62 bits per heavy atom. The summed E-state index contributed by atoms with van der Waals surface area (Å²) in [6.07, 6.45) is 0.551. The molecule has 0 aliphatic carbocycles. The third-order valence-electron chi connectivity index (χ3n) is 3.50. The average molecular weight is 349 g/mol. The van der Waals surface area contributed by atoms with E-state index in [9.17, 15) is 13.2 Å². The van der Waals surface area contributed by atoms with Gasteiger partial charge in [-0.15, -0.1) is 11.3 Å². The van der Waals surface area contributed by atoms with Crippen molar-refractivity contribution in [2.75, 3.05) is 18.1 Å². The van der Waals surface area contributed by atoms with Crippen molar-refractivity contribution in [2.45, 2.75) is 42.8 Å². The normalized spacial score (nSPS) is 22.1. The van der Waals surface area contributed by atoms with Crippen molar-refractivity contribution in [1.29, 1.82) is 0 Å². The fraction of sp³-hybridized carbons (Fsp3) is 0.692. The molecule has 1 fully saturated rings. The van der Waals surface area contributed by atoms with Crippen molar-refractivity contribution >= 4 is 38.8 Å². The van der Waals surface area contributed by atoms with Crippen molar-refractivity contribution in [1.82, 2.24) is 9.88 Å². The van der Waals surface area contributed by atoms with Crippen LogP contribution in [-0.4, -0.2) is 53.6 Å². The molecule has 1 aliphatic heterocycles. The lowest BCUT2D eigenvalue weighted by atomic mass is 10.2. The maximum atomic E-state index is 12.6. The molecule has 5 nitrogen and oxygen atoms in total. The van der Waals surface area contributed by atoms with Crippen LogP contribution in [0.3, 0.4) is 0 Å². The topological polar surface area (TPSA) is 67.3 Å². The van der Waals surface area contributed by atoms with Crippen LogP contribution < -0.4 is 0 Å². The molecule has 2 rings (SSSR count). The predicted octanol–water partition coefficient (Wildman–Crippen LogP) is 1.97. The number of amides is 1. The third kappa shape index (κ3) is 4.20. The largest absolute Gasteiger partial charge is 0.338 e. The molecule has 0 N–H and O–H groups in total. The smallest absolute Gasteiger partial charge is 0.236 e. The summed E-state index contributed by atoms with van der Waals surface area (Å²) in [5.74, 6) is 0.284. The zero-order chi connectivity index (χ0) is 15.6. The average Bonchev–Trinajstić information content (AvgIpc) is 2.96. The summed E-state index contributed by atoms with van der Waals surface area (Å²) in [6, 6.07) is -0.173. The summed E-state index contributed by atoms with van der Waals surface area (Å²) in [5, 5.41) is 1.71. The van der Waals surface area contributed by atoms with Crippen LogP contribution in [0.2, 0.25) is 0 Å². The van der Waals surface area contributed by atoms with Gasteiger partial charge in [0, 0.05) is 23.7 Å². The van der Waals surface area contributed by atoms with Gasteiger partial charge >= 0.3 is 0 Å². The first kappa shape index (κ1) is 16.8. The lowest BCUT2D eigenvalue weighted by molar-refractivity contribution is -0.131. The maximum absolute atomic E-state index is 12.6. The van der Waals surface area contributed by atoms with E-state index in [0.29, 0.717) is 13.0 Å². The first-order chi connectivity index (χ1) is 9.82. The molecule has 0 saturated carbocycles. The molecule has 0 spiro atoms. The summed E-state index contributed by atoms with van der Waals surface area (Å²) < 4.78 is 24.1. The molecule has 1 aromatic heterocycles. The maximum Gasteiger partial charge on any atom is 0.236 e. The molecule has 0 bridgehead atoms. The number of thiazole rings is 1. The Bertz CT molecular complexity index is 612. The van der Waals surface area contributed by atoms with Gasteiger partial charge in [0.2, 0.25) is 5.91 Å². The minimum absolute atomic E-state index is 0.00236. The van der Waals surface area contributed by atoms with E-state index in [4.69, 9.17) is 0 Å². The number of hydrogen-bond donors (Lipinski definition) is 0. The van der Waals surface area contributed by atoms with E-state index in [-0.39, 0.29) is 28.7 Å². The highest BCUT2D eigenvalue weighted by atomic mass is 32.2. The number of aromatic nitrogens is 1. The fourth-order valence-corrected chi connectivity index (χ4v) is 6.22. The first-order valence-corrected chi connectivity index (χ1v) is 10.5. The highest BCUT2D eigenvalue weighted by molar-refractivity contribution is 8.02. The van der Waals surface area contributed by atoms with Gasteiger partial charge in [0.25, 0.3) is 0 Å². The van der Waals surface area contributed by atoms with E-state index in [1.54, 1.807) is 4.90 Å². The second kappa shape index (κ2) is 6.66. The van der Waals surface area contributed by atoms with Gasteiger partial charge in [-0.1, -0.05) is 11.8 Å². The zero-order valence-corrected chi connectivity index (χ0v) is 14.9. The van der Waals surface area contributed by atoms with E-state index < -0.39 is 9.84 Å². The Balaban J connectivity index is 2.02. The lowest BCUT2D eigenvalue weighted by Gasteiger charge is -2.29. The quantitative estimate of drug-likeness (QED) is 0.761. The van der Waals surface area contributed by atoms with Crippen LogP contribution in [0, 0.1) is 6.92 Å². The Labute approximate surface area is 134 Å². The van der Waals surface area contributed by atoms with Crippen LogP contribution in [0.15, 0.2) is 9.72 Å². The van der Waals surface area contributed by atoms with Crippen LogP contribution in [0.25, 0.3) is 0 Å². The van der Waals surface area contributed by atoms with Gasteiger partial charge in [-0.3, -0.25) is 4.79 Å². The molecule has 21 heavy (non-hydrogen) atoms. The van der Waals surface area contributed by atoms with Gasteiger partial charge in [0.1, 0.15) is 0 Å². The fourth-order valence-electron chi connectivity index (χ4n) is 2.44. The van der Waals surface area contributed by atoms with E-state index in [1.807, 2.05) is 26.2 Å². The summed E-state index contributed by atoms with van der Waals surface area (Å²) in [5.41, 5.74) is 0.955. The van der Waals surface area contributed by atoms with Gasteiger partial charge in [-0.25, -0.2) is 13.4 Å². The van der Waals surface area contributed by atoms with Gasteiger partial charge in [0.05, 0.1) is 16.8 Å². The lowest BCUT2D eigenvalue weighted by Crippen LogP contribution is -2.44. The van der Waals surface area contributed by atoms with Crippen molar-refractivity contribution < 1.29 is 13.2 Å². The van der Waals surface area contributed by atoms with Crippen molar-refractivity contribution in [2.24, 2.45) is 0 Å². The number of carbonyl (C=O) groups is 1. The second-order valence-electron chi connectivity index (χ2n) is 5.20. The molecular weight excluding hydrogens is 328 g/mol. The van der Waals surface area contributed by atoms with Crippen molar-refractivity contribution in [3.05, 3.63) is 11.1 Å². The molecular formula is C13H20N2O3S3. The van der Waals surface area contributed by atoms with Gasteiger partial charge in [0.15, 0.2) is 14.2 Å². The second-order valence-corrected chi connectivity index (χ2v) is 9.87. The predicted molar refractivity (Wildman–Crippen MR) is 86.6 cm³/mol. The van der Waals surface area contributed by atoms with E-state index in [1.165, 1.54) is 23.1 Å². The molecule has 8 heteroatoms. The summed E-state index contributed by atoms with van der Waals surface area (Å²) in [6.45, 7) is 6.22. The molecule has 1 aliphatic rings. The molecule has 0 radical (unpaired) electrons. The van der Waals surface area contributed by atoms with Gasteiger partial charge in [-0.05, 0) is 27.2 Å². The highest BCUT2D eigenvalue weighted by Gasteiger charge is 2.35. The number of sulfone groups is 1. The monoisotopic (exact) mass is 348 g/mol. The molecule has 118 valence electrons. The minimum Gasteiger partial charge on any atom is -0.338 e. The van der Waals surface area contributed by atoms with Crippen LogP contribution >= 0.6 is 23.1 Å². The molecule has 2 atom stereocenters. The van der Waals surface area contributed by atoms with E-state index in [2.05, 4.69) is 4.98 Å². The Kier molecular flexibility index (Phi) is 5.32. The van der Waals surface area contributed by atoms with E-state index >= 15 is 0 Å². The van der Waals surface area contributed by atoms with Crippen LogP contribution in [0.5, 0.6) is 0 Å². The number of carbonyl (C=O) groups excluding carboxylic acids is 1. The number of aryl methyl sites for hydroxylation is 1.